The van der Waals surface area contributed by atoms with Crippen LogP contribution < -0.4 is 0 Å². The first-order valence-electron chi connectivity index (χ1n) is 10.1. The van der Waals surface area contributed by atoms with Gasteiger partial charge in [-0.15, -0.1) is 0 Å². The fourth-order valence-electron chi connectivity index (χ4n) is 4.51. The van der Waals surface area contributed by atoms with Crippen LogP contribution in [0, 0.1) is 0 Å². The lowest BCUT2D eigenvalue weighted by atomic mass is 9.99. The molecular formula is C28H18ClN. The summed E-state index contributed by atoms with van der Waals surface area (Å²) in [5.41, 5.74) is 5.91. The Bertz CT molecular complexity index is 1560. The summed E-state index contributed by atoms with van der Waals surface area (Å²) in [5.74, 6) is 0. The maximum Gasteiger partial charge on any atom is 0.0547 e. The van der Waals surface area contributed by atoms with E-state index < -0.39 is 0 Å². The topological polar surface area (TPSA) is 4.93 Å². The summed E-state index contributed by atoms with van der Waals surface area (Å²) in [6.45, 7) is 0. The van der Waals surface area contributed by atoms with Gasteiger partial charge in [-0.05, 0) is 58.3 Å². The molecule has 1 heterocycles. The van der Waals surface area contributed by atoms with E-state index in [0.717, 1.165) is 10.6 Å². The Labute approximate surface area is 179 Å². The van der Waals surface area contributed by atoms with E-state index in [1.54, 1.807) is 0 Å². The second kappa shape index (κ2) is 6.76. The maximum atomic E-state index is 6.32. The predicted molar refractivity (Wildman–Crippen MR) is 129 cm³/mol. The van der Waals surface area contributed by atoms with Gasteiger partial charge in [0.15, 0.2) is 0 Å². The van der Waals surface area contributed by atoms with Crippen LogP contribution in [-0.4, -0.2) is 4.57 Å². The van der Waals surface area contributed by atoms with Gasteiger partial charge in [-0.3, -0.25) is 0 Å². The molecule has 0 fully saturated rings. The molecule has 1 aromatic heterocycles. The molecule has 0 spiro atoms. The number of fused-ring (bicyclic) bond motifs is 4. The third-order valence-corrected chi connectivity index (χ3v) is 6.06. The first kappa shape index (κ1) is 17.3. The molecule has 5 aromatic carbocycles. The van der Waals surface area contributed by atoms with Gasteiger partial charge in [0.25, 0.3) is 0 Å². The summed E-state index contributed by atoms with van der Waals surface area (Å²) >= 11 is 6.32. The summed E-state index contributed by atoms with van der Waals surface area (Å²) in [7, 11) is 0. The van der Waals surface area contributed by atoms with E-state index in [-0.39, 0.29) is 0 Å². The van der Waals surface area contributed by atoms with Crippen molar-refractivity contribution in [3.05, 3.63) is 114 Å². The van der Waals surface area contributed by atoms with Crippen molar-refractivity contribution in [2.75, 3.05) is 0 Å². The molecule has 0 unspecified atom stereocenters. The third-order valence-electron chi connectivity index (χ3n) is 5.82. The van der Waals surface area contributed by atoms with Crippen molar-refractivity contribution in [2.45, 2.75) is 0 Å². The van der Waals surface area contributed by atoms with Crippen molar-refractivity contribution in [1.29, 1.82) is 0 Å². The SMILES string of the molecule is Clc1cccc(-c2cccc3c2c2ccccc2n3-c2ccc3ccccc3c2)c1. The monoisotopic (exact) mass is 403 g/mol. The molecule has 0 N–H and O–H groups in total. The van der Waals surface area contributed by atoms with Gasteiger partial charge >= 0.3 is 0 Å². The molecule has 0 saturated carbocycles. The molecule has 2 heteroatoms. The van der Waals surface area contributed by atoms with E-state index in [1.807, 2.05) is 18.2 Å². The van der Waals surface area contributed by atoms with Crippen LogP contribution in [0.4, 0.5) is 0 Å². The summed E-state index contributed by atoms with van der Waals surface area (Å²) < 4.78 is 2.37. The van der Waals surface area contributed by atoms with Crippen LogP contribution in [0.3, 0.4) is 0 Å². The van der Waals surface area contributed by atoms with Crippen molar-refractivity contribution in [3.63, 3.8) is 0 Å². The molecule has 0 aliphatic heterocycles. The highest BCUT2D eigenvalue weighted by Gasteiger charge is 2.16. The zero-order valence-electron chi connectivity index (χ0n) is 16.2. The first-order chi connectivity index (χ1) is 14.8. The Balaban J connectivity index is 1.73. The summed E-state index contributed by atoms with van der Waals surface area (Å²) in [4.78, 5) is 0. The van der Waals surface area contributed by atoms with E-state index >= 15 is 0 Å². The van der Waals surface area contributed by atoms with Crippen LogP contribution in [0.2, 0.25) is 5.02 Å². The molecule has 0 radical (unpaired) electrons. The van der Waals surface area contributed by atoms with Gasteiger partial charge in [0.05, 0.1) is 11.0 Å². The highest BCUT2D eigenvalue weighted by atomic mass is 35.5. The summed E-state index contributed by atoms with van der Waals surface area (Å²) in [6.07, 6.45) is 0. The van der Waals surface area contributed by atoms with E-state index in [0.29, 0.717) is 0 Å². The minimum absolute atomic E-state index is 0.753. The number of benzene rings is 5. The van der Waals surface area contributed by atoms with E-state index in [9.17, 15) is 0 Å². The molecule has 0 bridgehead atoms. The van der Waals surface area contributed by atoms with Crippen LogP contribution in [0.1, 0.15) is 0 Å². The summed E-state index contributed by atoms with van der Waals surface area (Å²) in [6, 6.07) is 38.4. The zero-order valence-corrected chi connectivity index (χ0v) is 17.0. The number of aromatic nitrogens is 1. The molecule has 0 aliphatic carbocycles. The number of rotatable bonds is 2. The van der Waals surface area contributed by atoms with Crippen molar-refractivity contribution in [3.8, 4) is 16.8 Å². The second-order valence-electron chi connectivity index (χ2n) is 7.59. The lowest BCUT2D eigenvalue weighted by molar-refractivity contribution is 1.19. The van der Waals surface area contributed by atoms with Crippen LogP contribution >= 0.6 is 11.6 Å². The van der Waals surface area contributed by atoms with Crippen LogP contribution in [0.15, 0.2) is 109 Å². The molecule has 0 amide bonds. The molecule has 6 rings (SSSR count). The Morgan fingerprint density at radius 1 is 0.567 bits per heavy atom. The fraction of sp³-hybridized carbons (Fsp3) is 0. The van der Waals surface area contributed by atoms with Crippen molar-refractivity contribution < 1.29 is 0 Å². The Morgan fingerprint density at radius 2 is 1.33 bits per heavy atom. The lowest BCUT2D eigenvalue weighted by Crippen LogP contribution is -1.93. The number of hydrogen-bond donors (Lipinski definition) is 0. The maximum absolute atomic E-state index is 6.32. The van der Waals surface area contributed by atoms with E-state index in [4.69, 9.17) is 11.6 Å². The van der Waals surface area contributed by atoms with Crippen molar-refractivity contribution in [2.24, 2.45) is 0 Å². The normalized spacial score (nSPS) is 11.5. The van der Waals surface area contributed by atoms with Gasteiger partial charge in [0, 0.05) is 21.5 Å². The smallest absolute Gasteiger partial charge is 0.0547 e. The number of halogens is 1. The quantitative estimate of drug-likeness (QED) is 0.274. The average molecular weight is 404 g/mol. The molecule has 0 atom stereocenters. The fourth-order valence-corrected chi connectivity index (χ4v) is 4.70. The van der Waals surface area contributed by atoms with Gasteiger partial charge in [-0.25, -0.2) is 0 Å². The molecule has 30 heavy (non-hydrogen) atoms. The van der Waals surface area contributed by atoms with Crippen LogP contribution in [0.25, 0.3) is 49.4 Å². The minimum atomic E-state index is 0.753. The average Bonchev–Trinajstić information content (AvgIpc) is 3.13. The number of nitrogens with zero attached hydrogens (tertiary/aromatic N) is 1. The largest absolute Gasteiger partial charge is 0.309 e. The zero-order chi connectivity index (χ0) is 20.1. The van der Waals surface area contributed by atoms with E-state index in [1.165, 1.54) is 43.8 Å². The van der Waals surface area contributed by atoms with Gasteiger partial charge in [0.1, 0.15) is 0 Å². The van der Waals surface area contributed by atoms with Gasteiger partial charge < -0.3 is 4.57 Å². The van der Waals surface area contributed by atoms with Gasteiger partial charge in [-0.2, -0.15) is 0 Å². The van der Waals surface area contributed by atoms with Crippen molar-refractivity contribution in [1.82, 2.24) is 4.57 Å². The molecule has 6 aromatic rings. The van der Waals surface area contributed by atoms with Crippen LogP contribution in [-0.2, 0) is 0 Å². The third kappa shape index (κ3) is 2.63. The van der Waals surface area contributed by atoms with E-state index in [2.05, 4.69) is 95.6 Å². The van der Waals surface area contributed by atoms with Crippen LogP contribution in [0.5, 0.6) is 0 Å². The second-order valence-corrected chi connectivity index (χ2v) is 8.03. The Hall–Kier alpha value is -3.55. The highest BCUT2D eigenvalue weighted by molar-refractivity contribution is 6.31. The number of hydrogen-bond acceptors (Lipinski definition) is 0. The molecule has 0 aliphatic rings. The summed E-state index contributed by atoms with van der Waals surface area (Å²) in [5, 5.41) is 5.75. The molecule has 142 valence electrons. The standard InChI is InChI=1S/C28H18ClN/c29-22-10-5-9-21(17-22)24-12-6-14-27-28(24)25-11-3-4-13-26(25)30(27)23-16-15-19-7-1-2-8-20(19)18-23/h1-18H. The molecule has 0 saturated heterocycles. The first-order valence-corrected chi connectivity index (χ1v) is 10.4. The van der Waals surface area contributed by atoms with Gasteiger partial charge in [-0.1, -0.05) is 84.4 Å². The number of para-hydroxylation sites is 1. The lowest BCUT2D eigenvalue weighted by Gasteiger charge is -2.10. The molecule has 1 nitrogen and oxygen atoms in total. The van der Waals surface area contributed by atoms with Gasteiger partial charge in [0.2, 0.25) is 0 Å². The Kier molecular flexibility index (Phi) is 3.90. The predicted octanol–water partition coefficient (Wildman–Crippen LogP) is 8.26. The Morgan fingerprint density at radius 3 is 2.23 bits per heavy atom. The highest BCUT2D eigenvalue weighted by Crippen LogP contribution is 2.39. The minimum Gasteiger partial charge on any atom is -0.309 e. The molecular weight excluding hydrogens is 386 g/mol. The van der Waals surface area contributed by atoms with Crippen molar-refractivity contribution >= 4 is 44.2 Å².